The van der Waals surface area contributed by atoms with Crippen molar-refractivity contribution >= 4 is 44.4 Å². The van der Waals surface area contributed by atoms with Gasteiger partial charge in [0.25, 0.3) is 11.8 Å². The van der Waals surface area contributed by atoms with Crippen LogP contribution in [0.5, 0.6) is 0 Å². The molecule has 1 unspecified atom stereocenters. The van der Waals surface area contributed by atoms with Crippen molar-refractivity contribution in [3.63, 3.8) is 0 Å². The summed E-state index contributed by atoms with van der Waals surface area (Å²) in [7, 11) is -3.35. The Morgan fingerprint density at radius 2 is 1.78 bits per heavy atom. The predicted octanol–water partition coefficient (Wildman–Crippen LogP) is 6.83. The molecule has 0 saturated carbocycles. The maximum atomic E-state index is 14.4. The molecular formula is C35H28FN3O4S2. The number of para-hydroxylation sites is 2. The molecule has 0 aliphatic carbocycles. The summed E-state index contributed by atoms with van der Waals surface area (Å²) in [6, 6.07) is 26.4. The number of amides is 2. The smallest absolute Gasteiger partial charge is 0.276 e. The number of fused-ring (bicyclic) bond motifs is 4. The topological polar surface area (TPSA) is 96.4 Å². The lowest BCUT2D eigenvalue weighted by Crippen LogP contribution is -2.33. The number of halogens is 1. The zero-order chi connectivity index (χ0) is 31.3. The van der Waals surface area contributed by atoms with E-state index in [2.05, 4.69) is 5.32 Å². The molecule has 0 fully saturated rings. The quantitative estimate of drug-likeness (QED) is 0.228. The fourth-order valence-corrected chi connectivity index (χ4v) is 9.23. The van der Waals surface area contributed by atoms with Crippen molar-refractivity contribution in [1.29, 1.82) is 0 Å². The number of hydrogen-bond acceptors (Lipinski definition) is 6. The molecule has 7 rings (SSSR count). The van der Waals surface area contributed by atoms with Gasteiger partial charge in [-0.05, 0) is 72.9 Å². The van der Waals surface area contributed by atoms with E-state index in [4.69, 9.17) is 4.98 Å². The van der Waals surface area contributed by atoms with Gasteiger partial charge in [-0.25, -0.2) is 17.8 Å². The van der Waals surface area contributed by atoms with Gasteiger partial charge in [0.1, 0.15) is 11.5 Å². The first-order chi connectivity index (χ1) is 21.7. The molecule has 1 atom stereocenters. The molecule has 2 amide bonds. The number of aromatic nitrogens is 1. The van der Waals surface area contributed by atoms with Crippen molar-refractivity contribution in [2.24, 2.45) is 0 Å². The van der Waals surface area contributed by atoms with E-state index in [0.717, 1.165) is 21.6 Å². The molecule has 10 heteroatoms. The number of thiophene rings is 1. The van der Waals surface area contributed by atoms with Crippen LogP contribution in [0.2, 0.25) is 0 Å². The minimum atomic E-state index is -3.35. The normalized spacial score (nSPS) is 16.3. The summed E-state index contributed by atoms with van der Waals surface area (Å²) >= 11 is 1.32. The molecule has 0 saturated heterocycles. The third-order valence-corrected chi connectivity index (χ3v) is 11.5. The number of sulfone groups is 1. The largest absolute Gasteiger partial charge is 0.319 e. The van der Waals surface area contributed by atoms with Crippen LogP contribution in [0.15, 0.2) is 95.9 Å². The molecular weight excluding hydrogens is 610 g/mol. The van der Waals surface area contributed by atoms with Crippen LogP contribution in [0.1, 0.15) is 48.5 Å². The summed E-state index contributed by atoms with van der Waals surface area (Å²) in [4.78, 5) is 35.3. The lowest BCUT2D eigenvalue weighted by molar-refractivity contribution is 0.0981. The molecule has 5 aromatic rings. The highest BCUT2D eigenvalue weighted by Crippen LogP contribution is 2.42. The fraction of sp³-hybridized carbons (Fsp3) is 0.171. The average Bonchev–Trinajstić information content (AvgIpc) is 3.53. The van der Waals surface area contributed by atoms with E-state index in [0.29, 0.717) is 46.1 Å². The maximum Gasteiger partial charge on any atom is 0.276 e. The summed E-state index contributed by atoms with van der Waals surface area (Å²) in [6.07, 6.45) is 0.914. The number of rotatable bonds is 5. The third-order valence-electron chi connectivity index (χ3n) is 8.38. The number of anilines is 2. The Bertz CT molecular complexity index is 2090. The van der Waals surface area contributed by atoms with Gasteiger partial charge in [-0.3, -0.25) is 9.59 Å². The van der Waals surface area contributed by atoms with Crippen LogP contribution in [0.3, 0.4) is 0 Å². The van der Waals surface area contributed by atoms with Crippen LogP contribution in [-0.2, 0) is 22.7 Å². The first-order valence-electron chi connectivity index (χ1n) is 14.6. The van der Waals surface area contributed by atoms with E-state index in [9.17, 15) is 22.4 Å². The van der Waals surface area contributed by atoms with Gasteiger partial charge in [-0.1, -0.05) is 54.6 Å². The number of aryl methyl sites for hydroxylation is 1. The van der Waals surface area contributed by atoms with Gasteiger partial charge in [0.2, 0.25) is 0 Å². The van der Waals surface area contributed by atoms with Gasteiger partial charge in [-0.15, -0.1) is 11.3 Å². The van der Waals surface area contributed by atoms with Crippen LogP contribution < -0.4 is 10.2 Å². The van der Waals surface area contributed by atoms with Crippen LogP contribution in [0.25, 0.3) is 10.4 Å². The Kier molecular flexibility index (Phi) is 7.33. The fourth-order valence-electron chi connectivity index (χ4n) is 6.20. The minimum absolute atomic E-state index is 0.0218. The number of carbonyl (C=O) groups excluding carboxylic acids is 2. The number of hydrogen-bond donors (Lipinski definition) is 1. The summed E-state index contributed by atoms with van der Waals surface area (Å²) in [5.41, 5.74) is 4.99. The minimum Gasteiger partial charge on any atom is -0.319 e. The van der Waals surface area contributed by atoms with Gasteiger partial charge in [0.15, 0.2) is 9.84 Å². The van der Waals surface area contributed by atoms with E-state index < -0.39 is 15.7 Å². The molecule has 0 bridgehead atoms. The van der Waals surface area contributed by atoms with E-state index in [1.165, 1.54) is 17.4 Å². The monoisotopic (exact) mass is 637 g/mol. The summed E-state index contributed by atoms with van der Waals surface area (Å²) < 4.78 is 39.8. The molecule has 1 N–H and O–H groups in total. The Hall–Kier alpha value is -4.67. The van der Waals surface area contributed by atoms with Crippen molar-refractivity contribution in [2.75, 3.05) is 22.5 Å². The van der Waals surface area contributed by atoms with E-state index >= 15 is 0 Å². The second-order valence-corrected chi connectivity index (χ2v) is 14.4. The van der Waals surface area contributed by atoms with Gasteiger partial charge < -0.3 is 10.2 Å². The van der Waals surface area contributed by atoms with E-state index in [1.807, 2.05) is 48.5 Å². The number of benzene rings is 3. The summed E-state index contributed by atoms with van der Waals surface area (Å²) in [5.74, 6) is -1.34. The highest BCUT2D eigenvalue weighted by atomic mass is 32.2. The van der Waals surface area contributed by atoms with Crippen LogP contribution in [-0.4, -0.2) is 37.5 Å². The van der Waals surface area contributed by atoms with Crippen LogP contribution in [0.4, 0.5) is 15.8 Å². The Balaban J connectivity index is 1.15. The van der Waals surface area contributed by atoms with E-state index in [-0.39, 0.29) is 34.9 Å². The maximum absolute atomic E-state index is 14.4. The molecule has 7 nitrogen and oxygen atoms in total. The van der Waals surface area contributed by atoms with Crippen molar-refractivity contribution in [3.8, 4) is 10.4 Å². The molecule has 0 radical (unpaired) electrons. The Morgan fingerprint density at radius 3 is 2.62 bits per heavy atom. The van der Waals surface area contributed by atoms with Crippen LogP contribution >= 0.6 is 11.3 Å². The summed E-state index contributed by atoms with van der Waals surface area (Å²) in [5, 5.41) is 2.72. The van der Waals surface area contributed by atoms with Crippen LogP contribution in [0, 0.1) is 12.7 Å². The molecule has 0 spiro atoms. The van der Waals surface area contributed by atoms with Gasteiger partial charge in [-0.2, -0.15) is 0 Å². The number of pyridine rings is 1. The Morgan fingerprint density at radius 1 is 1.00 bits per heavy atom. The number of nitrogens with zero attached hydrogens (tertiary/aromatic N) is 2. The lowest BCUT2D eigenvalue weighted by Gasteiger charge is -2.23. The predicted molar refractivity (Wildman–Crippen MR) is 173 cm³/mol. The molecule has 2 aromatic heterocycles. The molecule has 3 aromatic carbocycles. The van der Waals surface area contributed by atoms with Gasteiger partial charge in [0, 0.05) is 28.6 Å². The molecule has 226 valence electrons. The van der Waals surface area contributed by atoms with Gasteiger partial charge >= 0.3 is 0 Å². The molecule has 45 heavy (non-hydrogen) atoms. The lowest BCUT2D eigenvalue weighted by atomic mass is 9.96. The number of carbonyl (C=O) groups is 2. The summed E-state index contributed by atoms with van der Waals surface area (Å²) in [6.45, 7) is 2.11. The highest BCUT2D eigenvalue weighted by molar-refractivity contribution is 7.91. The average molecular weight is 638 g/mol. The molecule has 2 aliphatic heterocycles. The first-order valence-corrected chi connectivity index (χ1v) is 17.0. The zero-order valence-electron chi connectivity index (χ0n) is 24.3. The molecule has 4 heterocycles. The standard InChI is InChI=1S/C35H28FN3O4S2/c1-21-8-6-12-27(36)32(21)38-34(40)30-19-22-16-17-39(29-14-4-2-11-26(29)33(22)44-30)35(41)28-13-7-9-24(37-28)18-23-20-45(42,43)31-15-5-3-10-25(23)31/h2-15,19,23H,16-18,20H2,1H3,(H,38,40). The second kappa shape index (κ2) is 11.4. The molecule has 2 aliphatic rings. The number of nitrogens with one attached hydrogen (secondary N) is 1. The van der Waals surface area contributed by atoms with Gasteiger partial charge in [0.05, 0.1) is 26.9 Å². The first kappa shape index (κ1) is 29.1. The SMILES string of the molecule is Cc1cccc(F)c1NC(=O)c1cc2c(s1)-c1ccccc1N(C(=O)c1cccc(CC3CS(=O)(=O)c4ccccc43)n1)CC2. The third kappa shape index (κ3) is 5.34. The van der Waals surface area contributed by atoms with E-state index in [1.54, 1.807) is 48.2 Å². The second-order valence-electron chi connectivity index (χ2n) is 11.3. The van der Waals surface area contributed by atoms with Crippen molar-refractivity contribution in [1.82, 2.24) is 4.98 Å². The van der Waals surface area contributed by atoms with Crippen molar-refractivity contribution in [3.05, 3.63) is 130 Å². The van der Waals surface area contributed by atoms with Crippen molar-refractivity contribution < 1.29 is 22.4 Å². The van der Waals surface area contributed by atoms with Crippen molar-refractivity contribution in [2.45, 2.75) is 30.6 Å². The highest BCUT2D eigenvalue weighted by Gasteiger charge is 2.35. The zero-order valence-corrected chi connectivity index (χ0v) is 25.9. The Labute approximate surface area is 264 Å².